The maximum Gasteiger partial charge on any atom is 0.0402 e. The summed E-state index contributed by atoms with van der Waals surface area (Å²) < 4.78 is 0. The minimum absolute atomic E-state index is 0.250. The van der Waals surface area contributed by atoms with Crippen molar-refractivity contribution in [2.75, 3.05) is 6.61 Å². The summed E-state index contributed by atoms with van der Waals surface area (Å²) >= 11 is 0. The van der Waals surface area contributed by atoms with Crippen LogP contribution in [0, 0.1) is 29.6 Å². The van der Waals surface area contributed by atoms with Crippen molar-refractivity contribution < 1.29 is 5.11 Å². The molecule has 6 rings (SSSR count). The second-order valence-electron chi connectivity index (χ2n) is 14.8. The van der Waals surface area contributed by atoms with Gasteiger partial charge >= 0.3 is 0 Å². The minimum atomic E-state index is 0.250. The average molecular weight is 561 g/mol. The number of aliphatic hydroxyl groups excluding tert-OH is 1. The lowest BCUT2D eigenvalue weighted by atomic mass is 9.73. The fourth-order valence-electron chi connectivity index (χ4n) is 8.79. The smallest absolute Gasteiger partial charge is 0.0402 e. The van der Waals surface area contributed by atoms with Gasteiger partial charge in [-0.2, -0.15) is 0 Å². The Balaban J connectivity index is 0.000000187. The Hall–Kier alpha value is -0.0400. The van der Waals surface area contributed by atoms with Crippen molar-refractivity contribution in [3.8, 4) is 0 Å². The Morgan fingerprint density at radius 1 is 0.325 bits per heavy atom. The van der Waals surface area contributed by atoms with Gasteiger partial charge in [-0.05, 0) is 36.5 Å². The van der Waals surface area contributed by atoms with Gasteiger partial charge in [-0.1, -0.05) is 206 Å². The van der Waals surface area contributed by atoms with Crippen LogP contribution >= 0.6 is 0 Å². The fourth-order valence-corrected chi connectivity index (χ4v) is 8.79. The van der Waals surface area contributed by atoms with E-state index < -0.39 is 0 Å². The second kappa shape index (κ2) is 25.5. The van der Waals surface area contributed by atoms with E-state index in [2.05, 4.69) is 6.92 Å². The third-order valence-electron chi connectivity index (χ3n) is 11.3. The van der Waals surface area contributed by atoms with Crippen LogP contribution in [-0.4, -0.2) is 11.7 Å². The standard InChI is InChI=1S/2C12H22.C7H14.C6H12.C2H6O/c2*1-3-7-11(8-4-1)12-9-5-2-6-10-12;1-7-5-3-2-4-6-7;1-2-4-6-5-3-1;1-2-3/h2*11-12H,1-10H2;7H,2-6H2,1H3;1-6H2;3H,2H2,1H3. The van der Waals surface area contributed by atoms with Crippen LogP contribution < -0.4 is 0 Å². The van der Waals surface area contributed by atoms with E-state index in [9.17, 15) is 0 Å². The molecule has 0 spiro atoms. The molecule has 238 valence electrons. The van der Waals surface area contributed by atoms with Crippen LogP contribution in [0.25, 0.3) is 0 Å². The quantitative estimate of drug-likeness (QED) is 0.356. The van der Waals surface area contributed by atoms with Crippen molar-refractivity contribution in [2.45, 2.75) is 213 Å². The van der Waals surface area contributed by atoms with Gasteiger partial charge < -0.3 is 5.11 Å². The van der Waals surface area contributed by atoms with Gasteiger partial charge in [-0.25, -0.2) is 0 Å². The first-order chi connectivity index (χ1) is 19.7. The van der Waals surface area contributed by atoms with Crippen molar-refractivity contribution in [1.29, 1.82) is 0 Å². The van der Waals surface area contributed by atoms with Crippen LogP contribution in [0.2, 0.25) is 0 Å². The first-order valence-corrected chi connectivity index (χ1v) is 19.3. The molecule has 1 heteroatoms. The zero-order valence-corrected chi connectivity index (χ0v) is 28.0. The van der Waals surface area contributed by atoms with E-state index >= 15 is 0 Å². The molecular formula is C39H76O. The molecule has 0 saturated heterocycles. The Bertz CT molecular complexity index is 419. The molecule has 6 fully saturated rings. The Morgan fingerprint density at radius 2 is 0.475 bits per heavy atom. The number of rotatable bonds is 2. The molecule has 40 heavy (non-hydrogen) atoms. The first-order valence-electron chi connectivity index (χ1n) is 19.3. The van der Waals surface area contributed by atoms with Gasteiger partial charge in [0.25, 0.3) is 0 Å². The highest BCUT2D eigenvalue weighted by Gasteiger charge is 2.25. The molecule has 6 saturated carbocycles. The van der Waals surface area contributed by atoms with Crippen molar-refractivity contribution >= 4 is 0 Å². The molecule has 0 aromatic heterocycles. The zero-order chi connectivity index (χ0) is 28.5. The molecule has 0 unspecified atom stereocenters. The molecule has 1 nitrogen and oxygen atoms in total. The molecule has 0 aliphatic heterocycles. The van der Waals surface area contributed by atoms with Crippen LogP contribution in [0.4, 0.5) is 0 Å². The molecule has 0 bridgehead atoms. The van der Waals surface area contributed by atoms with E-state index in [1.807, 2.05) is 0 Å². The molecule has 0 aromatic rings. The van der Waals surface area contributed by atoms with Gasteiger partial charge in [-0.3, -0.25) is 0 Å². The van der Waals surface area contributed by atoms with Crippen LogP contribution in [0.5, 0.6) is 0 Å². The normalized spacial score (nSPS) is 25.9. The lowest BCUT2D eigenvalue weighted by Gasteiger charge is -2.32. The molecule has 6 aliphatic rings. The van der Waals surface area contributed by atoms with E-state index in [1.165, 1.54) is 148 Å². The summed E-state index contributed by atoms with van der Waals surface area (Å²) in [6.07, 6.45) is 47.2. The molecule has 0 heterocycles. The summed E-state index contributed by atoms with van der Waals surface area (Å²) in [7, 11) is 0. The SMILES string of the molecule is C1CCC(C2CCCCC2)CC1.C1CCC(C2CCCCC2)CC1.C1CCCCC1.CC1CCCCC1.CCO. The summed E-state index contributed by atoms with van der Waals surface area (Å²) in [5, 5.41) is 7.57. The van der Waals surface area contributed by atoms with Crippen LogP contribution in [0.1, 0.15) is 213 Å². The van der Waals surface area contributed by atoms with Crippen LogP contribution in [0.3, 0.4) is 0 Å². The minimum Gasteiger partial charge on any atom is -0.397 e. The van der Waals surface area contributed by atoms with Crippen molar-refractivity contribution in [1.82, 2.24) is 0 Å². The maximum atomic E-state index is 7.57. The summed E-state index contributed by atoms with van der Waals surface area (Å²) in [5.41, 5.74) is 0. The summed E-state index contributed by atoms with van der Waals surface area (Å²) in [6, 6.07) is 0. The predicted octanol–water partition coefficient (Wildman–Crippen LogP) is 13.2. The molecule has 0 radical (unpaired) electrons. The highest BCUT2D eigenvalue weighted by Crippen LogP contribution is 2.39. The summed E-state index contributed by atoms with van der Waals surface area (Å²) in [6.45, 7) is 4.29. The van der Waals surface area contributed by atoms with E-state index in [0.717, 1.165) is 29.6 Å². The zero-order valence-electron chi connectivity index (χ0n) is 28.0. The average Bonchev–Trinajstić information content (AvgIpc) is 3.05. The largest absolute Gasteiger partial charge is 0.397 e. The molecule has 1 N–H and O–H groups in total. The topological polar surface area (TPSA) is 20.2 Å². The highest BCUT2D eigenvalue weighted by molar-refractivity contribution is 4.77. The first kappa shape index (κ1) is 36.2. The Morgan fingerprint density at radius 3 is 0.625 bits per heavy atom. The number of hydrogen-bond acceptors (Lipinski definition) is 1. The van der Waals surface area contributed by atoms with Crippen molar-refractivity contribution in [2.24, 2.45) is 29.6 Å². The van der Waals surface area contributed by atoms with Gasteiger partial charge in [0.05, 0.1) is 0 Å². The molecular weight excluding hydrogens is 484 g/mol. The summed E-state index contributed by atoms with van der Waals surface area (Å²) in [5.74, 6) is 5.59. The van der Waals surface area contributed by atoms with E-state index in [0.29, 0.717) is 0 Å². The lowest BCUT2D eigenvalue weighted by molar-refractivity contribution is 0.196. The lowest BCUT2D eigenvalue weighted by Crippen LogP contribution is -2.20. The maximum absolute atomic E-state index is 7.57. The van der Waals surface area contributed by atoms with Crippen LogP contribution in [-0.2, 0) is 0 Å². The third-order valence-corrected chi connectivity index (χ3v) is 11.3. The molecule has 0 aromatic carbocycles. The van der Waals surface area contributed by atoms with Crippen LogP contribution in [0.15, 0.2) is 0 Å². The van der Waals surface area contributed by atoms with Gasteiger partial charge in [0.15, 0.2) is 0 Å². The van der Waals surface area contributed by atoms with Crippen molar-refractivity contribution in [3.05, 3.63) is 0 Å². The highest BCUT2D eigenvalue weighted by atomic mass is 16.2. The summed E-state index contributed by atoms with van der Waals surface area (Å²) in [4.78, 5) is 0. The van der Waals surface area contributed by atoms with Gasteiger partial charge in [0, 0.05) is 6.61 Å². The van der Waals surface area contributed by atoms with Crippen molar-refractivity contribution in [3.63, 3.8) is 0 Å². The molecule has 0 amide bonds. The van der Waals surface area contributed by atoms with E-state index in [1.54, 1.807) is 58.3 Å². The number of hydrogen-bond donors (Lipinski definition) is 1. The monoisotopic (exact) mass is 561 g/mol. The van der Waals surface area contributed by atoms with E-state index in [4.69, 9.17) is 5.11 Å². The predicted molar refractivity (Wildman–Crippen MR) is 179 cm³/mol. The Kier molecular flexibility index (Phi) is 23.0. The third kappa shape index (κ3) is 17.8. The number of aliphatic hydroxyl groups is 1. The van der Waals surface area contributed by atoms with E-state index in [-0.39, 0.29) is 6.61 Å². The Labute approximate surface area is 253 Å². The molecule has 6 aliphatic carbocycles. The van der Waals surface area contributed by atoms with Gasteiger partial charge in [0.1, 0.15) is 0 Å². The van der Waals surface area contributed by atoms with Gasteiger partial charge in [0.2, 0.25) is 0 Å². The second-order valence-corrected chi connectivity index (χ2v) is 14.8. The van der Waals surface area contributed by atoms with Gasteiger partial charge in [-0.15, -0.1) is 0 Å². The molecule has 0 atom stereocenters. The fraction of sp³-hybridized carbons (Fsp3) is 1.00.